The summed E-state index contributed by atoms with van der Waals surface area (Å²) in [4.78, 5) is 17.6. The highest BCUT2D eigenvalue weighted by Gasteiger charge is 2.23. The van der Waals surface area contributed by atoms with Crippen LogP contribution in [0.25, 0.3) is 11.3 Å². The number of hydrogen-bond acceptors (Lipinski definition) is 6. The van der Waals surface area contributed by atoms with Gasteiger partial charge in [-0.15, -0.1) is 0 Å². The number of benzene rings is 2. The fourth-order valence-corrected chi connectivity index (χ4v) is 2.46. The van der Waals surface area contributed by atoms with Crippen LogP contribution in [0.4, 0.5) is 10.5 Å². The van der Waals surface area contributed by atoms with E-state index in [1.54, 1.807) is 24.4 Å². The van der Waals surface area contributed by atoms with E-state index < -0.39 is 0 Å². The Morgan fingerprint density at radius 1 is 1.17 bits per heavy atom. The molecular formula is C23H26N4O3. The van der Waals surface area contributed by atoms with Crippen LogP contribution in [-0.2, 0) is 11.3 Å². The Labute approximate surface area is 176 Å². The molecule has 7 heteroatoms. The third-order valence-electron chi connectivity index (χ3n) is 4.63. The monoisotopic (exact) mass is 406 g/mol. The molecule has 0 aliphatic carbocycles. The van der Waals surface area contributed by atoms with Crippen LogP contribution in [-0.4, -0.2) is 34.8 Å². The molecule has 0 aliphatic rings. The molecule has 1 amide bonds. The fourth-order valence-electron chi connectivity index (χ4n) is 2.46. The van der Waals surface area contributed by atoms with Gasteiger partial charge in [0.1, 0.15) is 6.61 Å². The van der Waals surface area contributed by atoms with Crippen molar-refractivity contribution in [3.63, 3.8) is 0 Å². The molecule has 30 heavy (non-hydrogen) atoms. The molecule has 0 fully saturated rings. The van der Waals surface area contributed by atoms with E-state index in [-0.39, 0.29) is 18.2 Å². The van der Waals surface area contributed by atoms with Gasteiger partial charge in [0.15, 0.2) is 12.2 Å². The minimum atomic E-state index is -0.341. The first-order chi connectivity index (χ1) is 14.3. The Kier molecular flexibility index (Phi) is 6.51. The van der Waals surface area contributed by atoms with E-state index in [1.165, 1.54) is 6.39 Å². The Balaban J connectivity index is 1.49. The molecule has 0 bridgehead atoms. The lowest BCUT2D eigenvalue weighted by Crippen LogP contribution is -2.42. The van der Waals surface area contributed by atoms with Crippen molar-refractivity contribution in [2.75, 3.05) is 12.5 Å². The topological polar surface area (TPSA) is 80.0 Å². The second-order valence-electron chi connectivity index (χ2n) is 7.84. The van der Waals surface area contributed by atoms with Crippen LogP contribution in [0, 0.1) is 0 Å². The van der Waals surface area contributed by atoms with Crippen LogP contribution in [0.15, 0.2) is 70.6 Å². The van der Waals surface area contributed by atoms with Crippen LogP contribution >= 0.6 is 0 Å². The SMILES string of the molecule is CN(C(=O)OCc1ccc(/C=N/Nc2ccc(-c3cnco3)cc2)cc1)C(C)(C)C. The van der Waals surface area contributed by atoms with Crippen LogP contribution < -0.4 is 5.43 Å². The van der Waals surface area contributed by atoms with Crippen LogP contribution in [0.2, 0.25) is 0 Å². The minimum Gasteiger partial charge on any atom is -0.445 e. The molecule has 0 spiro atoms. The highest BCUT2D eigenvalue weighted by Crippen LogP contribution is 2.20. The van der Waals surface area contributed by atoms with Crippen molar-refractivity contribution in [1.29, 1.82) is 0 Å². The zero-order valence-electron chi connectivity index (χ0n) is 17.6. The summed E-state index contributed by atoms with van der Waals surface area (Å²) in [6.07, 6.45) is 4.47. The average Bonchev–Trinajstić information content (AvgIpc) is 3.27. The Morgan fingerprint density at radius 2 is 1.87 bits per heavy atom. The smallest absolute Gasteiger partial charge is 0.410 e. The van der Waals surface area contributed by atoms with E-state index in [9.17, 15) is 4.79 Å². The minimum absolute atomic E-state index is 0.229. The van der Waals surface area contributed by atoms with Crippen molar-refractivity contribution in [3.05, 3.63) is 72.2 Å². The molecule has 1 aromatic heterocycles. The molecule has 0 radical (unpaired) electrons. The van der Waals surface area contributed by atoms with Crippen molar-refractivity contribution < 1.29 is 13.9 Å². The van der Waals surface area contributed by atoms with Gasteiger partial charge < -0.3 is 14.1 Å². The van der Waals surface area contributed by atoms with E-state index in [0.717, 1.165) is 28.1 Å². The summed E-state index contributed by atoms with van der Waals surface area (Å²) < 4.78 is 10.6. The number of ether oxygens (including phenoxy) is 1. The van der Waals surface area contributed by atoms with Gasteiger partial charge in [0, 0.05) is 18.2 Å². The maximum absolute atomic E-state index is 12.1. The predicted octanol–water partition coefficient (Wildman–Crippen LogP) is 5.15. The number of nitrogens with one attached hydrogen (secondary N) is 1. The highest BCUT2D eigenvalue weighted by molar-refractivity contribution is 5.80. The van der Waals surface area contributed by atoms with Crippen LogP contribution in [0.1, 0.15) is 31.9 Å². The van der Waals surface area contributed by atoms with E-state index in [0.29, 0.717) is 0 Å². The van der Waals surface area contributed by atoms with E-state index in [4.69, 9.17) is 9.15 Å². The molecule has 0 saturated carbocycles. The second-order valence-corrected chi connectivity index (χ2v) is 7.84. The molecule has 2 aromatic carbocycles. The Bertz CT molecular complexity index is 973. The first kappa shape index (κ1) is 21.1. The molecule has 1 N–H and O–H groups in total. The Hall–Kier alpha value is -3.61. The zero-order chi connectivity index (χ0) is 21.6. The average molecular weight is 406 g/mol. The number of nitrogens with zero attached hydrogens (tertiary/aromatic N) is 3. The van der Waals surface area contributed by atoms with Gasteiger partial charge in [-0.25, -0.2) is 9.78 Å². The number of aromatic nitrogens is 1. The zero-order valence-corrected chi connectivity index (χ0v) is 17.6. The summed E-state index contributed by atoms with van der Waals surface area (Å²) in [5.41, 5.74) is 6.38. The third kappa shape index (κ3) is 5.70. The number of oxazole rings is 1. The second kappa shape index (κ2) is 9.26. The number of hydrogen-bond donors (Lipinski definition) is 1. The number of rotatable bonds is 6. The van der Waals surface area contributed by atoms with Gasteiger partial charge in [0.05, 0.1) is 18.1 Å². The highest BCUT2D eigenvalue weighted by atomic mass is 16.6. The molecule has 3 rings (SSSR count). The normalized spacial score (nSPS) is 11.5. The van der Waals surface area contributed by atoms with E-state index in [2.05, 4.69) is 15.5 Å². The van der Waals surface area contributed by atoms with Gasteiger partial charge >= 0.3 is 6.09 Å². The van der Waals surface area contributed by atoms with Crippen molar-refractivity contribution in [3.8, 4) is 11.3 Å². The molecule has 0 atom stereocenters. The van der Waals surface area contributed by atoms with Gasteiger partial charge in [0.2, 0.25) is 0 Å². The maximum Gasteiger partial charge on any atom is 0.410 e. The molecule has 1 heterocycles. The quantitative estimate of drug-likeness (QED) is 0.452. The largest absolute Gasteiger partial charge is 0.445 e. The number of hydrazone groups is 1. The van der Waals surface area contributed by atoms with Crippen molar-refractivity contribution >= 4 is 18.0 Å². The standard InChI is InChI=1S/C23H26N4O3/c1-23(2,3)27(4)22(28)29-15-18-7-5-17(6-8-18)13-25-26-20-11-9-19(10-12-20)21-14-24-16-30-21/h5-14,16,26H,15H2,1-4H3/b25-13+. The van der Waals surface area contributed by atoms with Gasteiger partial charge in [-0.2, -0.15) is 5.10 Å². The van der Waals surface area contributed by atoms with Crippen molar-refractivity contribution in [2.24, 2.45) is 5.10 Å². The van der Waals surface area contributed by atoms with Gasteiger partial charge in [-0.3, -0.25) is 5.43 Å². The molecule has 156 valence electrons. The molecular weight excluding hydrogens is 380 g/mol. The molecule has 0 unspecified atom stereocenters. The van der Waals surface area contributed by atoms with Gasteiger partial charge in [0.25, 0.3) is 0 Å². The lowest BCUT2D eigenvalue weighted by molar-refractivity contribution is 0.0759. The van der Waals surface area contributed by atoms with E-state index in [1.807, 2.05) is 69.3 Å². The molecule has 0 aliphatic heterocycles. The molecule has 7 nitrogen and oxygen atoms in total. The maximum atomic E-state index is 12.1. The number of anilines is 1. The number of amides is 1. The summed E-state index contributed by atoms with van der Waals surface area (Å²) in [5.74, 6) is 0.723. The Morgan fingerprint density at radius 3 is 2.47 bits per heavy atom. The van der Waals surface area contributed by atoms with Crippen LogP contribution in [0.5, 0.6) is 0 Å². The summed E-state index contributed by atoms with van der Waals surface area (Å²) in [7, 11) is 1.73. The first-order valence-electron chi connectivity index (χ1n) is 9.60. The predicted molar refractivity (Wildman–Crippen MR) is 117 cm³/mol. The summed E-state index contributed by atoms with van der Waals surface area (Å²) >= 11 is 0. The summed E-state index contributed by atoms with van der Waals surface area (Å²) in [6.45, 7) is 6.11. The number of carbonyl (C=O) groups excluding carboxylic acids is 1. The van der Waals surface area contributed by atoms with Crippen LogP contribution in [0.3, 0.4) is 0 Å². The summed E-state index contributed by atoms with van der Waals surface area (Å²) in [6, 6.07) is 15.4. The molecule has 0 saturated heterocycles. The lowest BCUT2D eigenvalue weighted by Gasteiger charge is -2.30. The number of carbonyl (C=O) groups is 1. The van der Waals surface area contributed by atoms with Crippen molar-refractivity contribution in [1.82, 2.24) is 9.88 Å². The fraction of sp³-hybridized carbons (Fsp3) is 0.261. The lowest BCUT2D eigenvalue weighted by atomic mass is 10.1. The van der Waals surface area contributed by atoms with Crippen molar-refractivity contribution in [2.45, 2.75) is 32.9 Å². The van der Waals surface area contributed by atoms with Gasteiger partial charge in [-0.1, -0.05) is 24.3 Å². The third-order valence-corrected chi connectivity index (χ3v) is 4.63. The first-order valence-corrected chi connectivity index (χ1v) is 9.60. The van der Waals surface area contributed by atoms with E-state index >= 15 is 0 Å². The van der Waals surface area contributed by atoms with Gasteiger partial charge in [-0.05, 0) is 56.2 Å². The summed E-state index contributed by atoms with van der Waals surface area (Å²) in [5, 5.41) is 4.26. The molecule has 3 aromatic rings.